The van der Waals surface area contributed by atoms with Crippen LogP contribution in [0.15, 0.2) is 42.7 Å². The molecule has 5 heteroatoms. The van der Waals surface area contributed by atoms with Crippen LogP contribution in [0.3, 0.4) is 0 Å². The molecule has 0 aliphatic rings. The lowest BCUT2D eigenvalue weighted by Crippen LogP contribution is -2.05. The molecule has 0 unspecified atom stereocenters. The van der Waals surface area contributed by atoms with Gasteiger partial charge in [-0.05, 0) is 41.5 Å². The van der Waals surface area contributed by atoms with E-state index in [-0.39, 0.29) is 5.75 Å². The normalized spacial score (nSPS) is 11.3. The molecule has 0 aliphatic heterocycles. The Kier molecular flexibility index (Phi) is 3.23. The Balaban J connectivity index is 2.55. The molecule has 0 aliphatic carbocycles. The molecule has 0 saturated carbocycles. The monoisotopic (exact) mass is 253 g/mol. The summed E-state index contributed by atoms with van der Waals surface area (Å²) in [5.74, 6) is 0.177. The molecule has 2 nitrogen and oxygen atoms in total. The maximum absolute atomic E-state index is 12.7. The number of nitrogens with zero attached hydrogens (tertiary/aromatic N) is 1. The minimum absolute atomic E-state index is 0.177. The summed E-state index contributed by atoms with van der Waals surface area (Å²) >= 11 is 0. The molecule has 18 heavy (non-hydrogen) atoms. The second-order valence-electron chi connectivity index (χ2n) is 3.68. The largest absolute Gasteiger partial charge is 0.497 e. The van der Waals surface area contributed by atoms with Gasteiger partial charge in [-0.2, -0.15) is 13.2 Å². The lowest BCUT2D eigenvalue weighted by molar-refractivity contribution is -0.137. The number of hydrogen-bond donors (Lipinski definition) is 0. The van der Waals surface area contributed by atoms with E-state index in [1.807, 2.05) is 0 Å². The summed E-state index contributed by atoms with van der Waals surface area (Å²) in [5.41, 5.74) is 0.382. The van der Waals surface area contributed by atoms with Crippen LogP contribution < -0.4 is 4.74 Å². The van der Waals surface area contributed by atoms with Crippen LogP contribution in [-0.2, 0) is 6.18 Å². The van der Waals surface area contributed by atoms with Crippen LogP contribution in [0.4, 0.5) is 13.2 Å². The first-order valence-electron chi connectivity index (χ1n) is 5.17. The van der Waals surface area contributed by atoms with E-state index in [0.29, 0.717) is 11.1 Å². The minimum atomic E-state index is -4.39. The van der Waals surface area contributed by atoms with Gasteiger partial charge in [0.05, 0.1) is 12.7 Å². The lowest BCUT2D eigenvalue weighted by atomic mass is 10.0. The predicted molar refractivity (Wildman–Crippen MR) is 61.2 cm³/mol. The van der Waals surface area contributed by atoms with Crippen molar-refractivity contribution in [3.63, 3.8) is 0 Å². The summed E-state index contributed by atoms with van der Waals surface area (Å²) in [6.45, 7) is 0. The quantitative estimate of drug-likeness (QED) is 0.812. The zero-order valence-electron chi connectivity index (χ0n) is 9.53. The fourth-order valence-corrected chi connectivity index (χ4v) is 1.59. The highest BCUT2D eigenvalue weighted by molar-refractivity contribution is 5.65. The number of hydrogen-bond acceptors (Lipinski definition) is 2. The van der Waals surface area contributed by atoms with Crippen LogP contribution in [0.2, 0.25) is 0 Å². The number of alkyl halides is 3. The molecule has 1 aromatic carbocycles. The van der Waals surface area contributed by atoms with Crippen molar-refractivity contribution in [3.05, 3.63) is 48.3 Å². The van der Waals surface area contributed by atoms with Crippen LogP contribution in [0.25, 0.3) is 11.1 Å². The SMILES string of the molecule is COc1cc(-c2ccncc2)cc(C(F)(F)F)c1. The second kappa shape index (κ2) is 4.68. The molecule has 0 fully saturated rings. The first-order chi connectivity index (χ1) is 8.50. The molecule has 1 aromatic heterocycles. The van der Waals surface area contributed by atoms with Crippen molar-refractivity contribution in [1.82, 2.24) is 4.98 Å². The van der Waals surface area contributed by atoms with Gasteiger partial charge >= 0.3 is 6.18 Å². The smallest absolute Gasteiger partial charge is 0.416 e. The fourth-order valence-electron chi connectivity index (χ4n) is 1.59. The number of rotatable bonds is 2. The van der Waals surface area contributed by atoms with E-state index in [4.69, 9.17) is 4.74 Å². The van der Waals surface area contributed by atoms with Gasteiger partial charge in [-0.1, -0.05) is 0 Å². The van der Waals surface area contributed by atoms with E-state index in [1.165, 1.54) is 19.5 Å². The molecule has 2 aromatic rings. The highest BCUT2D eigenvalue weighted by Crippen LogP contribution is 2.35. The molecule has 2 rings (SSSR count). The van der Waals surface area contributed by atoms with E-state index in [9.17, 15) is 13.2 Å². The highest BCUT2D eigenvalue weighted by atomic mass is 19.4. The number of benzene rings is 1. The van der Waals surface area contributed by atoms with Gasteiger partial charge in [0, 0.05) is 12.4 Å². The van der Waals surface area contributed by atoms with Gasteiger partial charge in [-0.15, -0.1) is 0 Å². The zero-order valence-corrected chi connectivity index (χ0v) is 9.53. The molecule has 0 N–H and O–H groups in total. The van der Waals surface area contributed by atoms with Crippen molar-refractivity contribution in [2.45, 2.75) is 6.18 Å². The molecule has 0 bridgehead atoms. The molecular formula is C13H10F3NO. The molecule has 0 amide bonds. The molecule has 0 radical (unpaired) electrons. The average molecular weight is 253 g/mol. The van der Waals surface area contributed by atoms with Crippen LogP contribution >= 0.6 is 0 Å². The Morgan fingerprint density at radius 3 is 2.22 bits per heavy atom. The third kappa shape index (κ3) is 2.61. The van der Waals surface area contributed by atoms with E-state index in [2.05, 4.69) is 4.98 Å². The summed E-state index contributed by atoms with van der Waals surface area (Å²) in [6, 6.07) is 6.93. The maximum atomic E-state index is 12.7. The first kappa shape index (κ1) is 12.4. The second-order valence-corrected chi connectivity index (χ2v) is 3.68. The van der Waals surface area contributed by atoms with Crippen LogP contribution in [-0.4, -0.2) is 12.1 Å². The van der Waals surface area contributed by atoms with Crippen molar-refractivity contribution >= 4 is 0 Å². The predicted octanol–water partition coefficient (Wildman–Crippen LogP) is 3.78. The van der Waals surface area contributed by atoms with Gasteiger partial charge in [0.25, 0.3) is 0 Å². The van der Waals surface area contributed by atoms with Crippen LogP contribution in [0.1, 0.15) is 5.56 Å². The molecule has 0 spiro atoms. The van der Waals surface area contributed by atoms with E-state index in [1.54, 1.807) is 18.2 Å². The Bertz CT molecular complexity index is 538. The zero-order chi connectivity index (χ0) is 13.2. The maximum Gasteiger partial charge on any atom is 0.416 e. The number of aromatic nitrogens is 1. The van der Waals surface area contributed by atoms with Crippen molar-refractivity contribution in [1.29, 1.82) is 0 Å². The molecular weight excluding hydrogens is 243 g/mol. The number of methoxy groups -OCH3 is 1. The molecule has 94 valence electrons. The summed E-state index contributed by atoms with van der Waals surface area (Å²) in [7, 11) is 1.34. The topological polar surface area (TPSA) is 22.1 Å². The fraction of sp³-hybridized carbons (Fsp3) is 0.154. The number of halogens is 3. The average Bonchev–Trinajstić information content (AvgIpc) is 2.38. The third-order valence-electron chi connectivity index (χ3n) is 2.48. The Labute approximate surface area is 102 Å². The first-order valence-corrected chi connectivity index (χ1v) is 5.17. The Hall–Kier alpha value is -2.04. The van der Waals surface area contributed by atoms with Crippen molar-refractivity contribution in [2.24, 2.45) is 0 Å². The van der Waals surface area contributed by atoms with Crippen molar-refractivity contribution < 1.29 is 17.9 Å². The third-order valence-corrected chi connectivity index (χ3v) is 2.48. The summed E-state index contributed by atoms with van der Waals surface area (Å²) in [6.07, 6.45) is -1.33. The highest BCUT2D eigenvalue weighted by Gasteiger charge is 2.31. The van der Waals surface area contributed by atoms with Gasteiger partial charge in [0.1, 0.15) is 5.75 Å². The van der Waals surface area contributed by atoms with Gasteiger partial charge in [-0.3, -0.25) is 4.98 Å². The summed E-state index contributed by atoms with van der Waals surface area (Å²) in [4.78, 5) is 3.83. The minimum Gasteiger partial charge on any atom is -0.497 e. The van der Waals surface area contributed by atoms with Crippen molar-refractivity contribution in [2.75, 3.05) is 7.11 Å². The summed E-state index contributed by atoms with van der Waals surface area (Å²) < 4.78 is 43.1. The van der Waals surface area contributed by atoms with E-state index in [0.717, 1.165) is 12.1 Å². The van der Waals surface area contributed by atoms with Crippen LogP contribution in [0.5, 0.6) is 5.75 Å². The van der Waals surface area contributed by atoms with E-state index >= 15 is 0 Å². The Morgan fingerprint density at radius 2 is 1.67 bits per heavy atom. The van der Waals surface area contributed by atoms with Gasteiger partial charge in [0.15, 0.2) is 0 Å². The standard InChI is InChI=1S/C13H10F3NO/c1-18-12-7-10(9-2-4-17-5-3-9)6-11(8-12)13(14,15)16/h2-8H,1H3. The van der Waals surface area contributed by atoms with Gasteiger partial charge < -0.3 is 4.74 Å². The molecule has 1 heterocycles. The van der Waals surface area contributed by atoms with Gasteiger partial charge in [-0.25, -0.2) is 0 Å². The number of pyridine rings is 1. The van der Waals surface area contributed by atoms with E-state index < -0.39 is 11.7 Å². The van der Waals surface area contributed by atoms with Crippen LogP contribution in [0, 0.1) is 0 Å². The Morgan fingerprint density at radius 1 is 1.00 bits per heavy atom. The lowest BCUT2D eigenvalue weighted by Gasteiger charge is -2.11. The number of ether oxygens (including phenoxy) is 1. The molecule has 0 atom stereocenters. The summed E-state index contributed by atoms with van der Waals surface area (Å²) in [5, 5.41) is 0. The molecule has 0 saturated heterocycles. The van der Waals surface area contributed by atoms with Gasteiger partial charge in [0.2, 0.25) is 0 Å². The van der Waals surface area contributed by atoms with Crippen molar-refractivity contribution in [3.8, 4) is 16.9 Å².